The fourth-order valence-corrected chi connectivity index (χ4v) is 2.10. The highest BCUT2D eigenvalue weighted by atomic mass is 16.5. The zero-order valence-corrected chi connectivity index (χ0v) is 11.9. The Bertz CT molecular complexity index is 580. The van der Waals surface area contributed by atoms with E-state index in [-0.39, 0.29) is 0 Å². The molecule has 0 fully saturated rings. The summed E-state index contributed by atoms with van der Waals surface area (Å²) < 4.78 is 10.7. The number of aliphatic carboxylic acids is 1. The van der Waals surface area contributed by atoms with Crippen molar-refractivity contribution in [2.24, 2.45) is 0 Å². The molecule has 1 N–H and O–H groups in total. The van der Waals surface area contributed by atoms with E-state index in [9.17, 15) is 9.90 Å². The Hall–Kier alpha value is -2.49. The van der Waals surface area contributed by atoms with Crippen molar-refractivity contribution in [3.63, 3.8) is 0 Å². The van der Waals surface area contributed by atoms with E-state index in [1.807, 2.05) is 48.5 Å². The number of carboxylic acid groups (broad SMARTS) is 1. The quantitative estimate of drug-likeness (QED) is 0.848. The van der Waals surface area contributed by atoms with Gasteiger partial charge in [0.1, 0.15) is 11.5 Å². The molecule has 4 heteroatoms. The van der Waals surface area contributed by atoms with Gasteiger partial charge in [-0.3, -0.25) is 4.79 Å². The lowest BCUT2D eigenvalue weighted by atomic mass is 9.96. The molecule has 0 aliphatic rings. The Kier molecular flexibility index (Phi) is 5.21. The van der Waals surface area contributed by atoms with Crippen LogP contribution in [0.2, 0.25) is 0 Å². The maximum Gasteiger partial charge on any atom is 0.311 e. The van der Waals surface area contributed by atoms with E-state index in [1.54, 1.807) is 13.2 Å². The van der Waals surface area contributed by atoms with Gasteiger partial charge in [0.05, 0.1) is 19.6 Å². The number of carbonyl (C=O) groups is 1. The van der Waals surface area contributed by atoms with Crippen LogP contribution in [0.1, 0.15) is 17.9 Å². The summed E-state index contributed by atoms with van der Waals surface area (Å²) in [5, 5.41) is 9.33. The van der Waals surface area contributed by atoms with Gasteiger partial charge >= 0.3 is 5.97 Å². The predicted molar refractivity (Wildman–Crippen MR) is 79.9 cm³/mol. The van der Waals surface area contributed by atoms with Gasteiger partial charge < -0.3 is 14.6 Å². The third-order valence-electron chi connectivity index (χ3n) is 3.22. The monoisotopic (exact) mass is 286 g/mol. The molecule has 0 saturated carbocycles. The Morgan fingerprint density at radius 1 is 1.10 bits per heavy atom. The minimum absolute atomic E-state index is 0.332. The third-order valence-corrected chi connectivity index (χ3v) is 3.22. The van der Waals surface area contributed by atoms with Crippen molar-refractivity contribution in [2.75, 3.05) is 13.7 Å². The largest absolute Gasteiger partial charge is 0.497 e. The summed E-state index contributed by atoms with van der Waals surface area (Å²) in [6, 6.07) is 16.5. The van der Waals surface area contributed by atoms with Crippen molar-refractivity contribution in [3.05, 3.63) is 60.2 Å². The zero-order valence-electron chi connectivity index (χ0n) is 11.9. The molecule has 21 heavy (non-hydrogen) atoms. The first-order chi connectivity index (χ1) is 10.2. The van der Waals surface area contributed by atoms with Gasteiger partial charge in [-0.25, -0.2) is 0 Å². The molecule has 1 atom stereocenters. The number of methoxy groups -OCH3 is 1. The average Bonchev–Trinajstić information content (AvgIpc) is 2.52. The minimum atomic E-state index is -0.838. The molecule has 2 rings (SSSR count). The molecule has 1 unspecified atom stereocenters. The van der Waals surface area contributed by atoms with Gasteiger partial charge in [-0.05, 0) is 24.1 Å². The number of ether oxygens (including phenoxy) is 2. The van der Waals surface area contributed by atoms with Crippen LogP contribution < -0.4 is 9.47 Å². The standard InChI is InChI=1S/C17H18O4/c1-20-14-8-5-9-15(12-14)21-11-10-16(17(18)19)13-6-3-2-4-7-13/h2-9,12,16H,10-11H2,1H3,(H,18,19). The number of hydrogen-bond donors (Lipinski definition) is 1. The zero-order chi connectivity index (χ0) is 15.1. The van der Waals surface area contributed by atoms with Gasteiger partial charge in [0, 0.05) is 6.07 Å². The fourth-order valence-electron chi connectivity index (χ4n) is 2.10. The molecule has 2 aromatic rings. The van der Waals surface area contributed by atoms with E-state index in [0.717, 1.165) is 5.56 Å². The molecule has 110 valence electrons. The first-order valence-electron chi connectivity index (χ1n) is 6.75. The molecule has 0 bridgehead atoms. The number of benzene rings is 2. The first kappa shape index (κ1) is 14.9. The summed E-state index contributed by atoms with van der Waals surface area (Å²) in [6.45, 7) is 0.332. The maximum absolute atomic E-state index is 11.4. The van der Waals surface area contributed by atoms with Gasteiger partial charge in [0.2, 0.25) is 0 Å². The summed E-state index contributed by atoms with van der Waals surface area (Å²) in [5.74, 6) is -0.0101. The van der Waals surface area contributed by atoms with E-state index in [2.05, 4.69) is 0 Å². The smallest absolute Gasteiger partial charge is 0.311 e. The van der Waals surface area contributed by atoms with Crippen molar-refractivity contribution < 1.29 is 19.4 Å². The third kappa shape index (κ3) is 4.24. The van der Waals surface area contributed by atoms with Crippen LogP contribution in [0.25, 0.3) is 0 Å². The maximum atomic E-state index is 11.4. The molecular formula is C17H18O4. The second-order valence-electron chi connectivity index (χ2n) is 4.62. The number of rotatable bonds is 7. The van der Waals surface area contributed by atoms with Crippen molar-refractivity contribution in [2.45, 2.75) is 12.3 Å². The average molecular weight is 286 g/mol. The van der Waals surface area contributed by atoms with Crippen molar-refractivity contribution in [3.8, 4) is 11.5 Å². The highest BCUT2D eigenvalue weighted by Crippen LogP contribution is 2.22. The summed E-state index contributed by atoms with van der Waals surface area (Å²) in [5.41, 5.74) is 0.791. The number of hydrogen-bond acceptors (Lipinski definition) is 3. The van der Waals surface area contributed by atoms with Crippen LogP contribution in [-0.4, -0.2) is 24.8 Å². The summed E-state index contributed by atoms with van der Waals surface area (Å²) in [7, 11) is 1.59. The normalized spacial score (nSPS) is 11.7. The van der Waals surface area contributed by atoms with Crippen LogP contribution in [0.4, 0.5) is 0 Å². The van der Waals surface area contributed by atoms with Crippen molar-refractivity contribution in [1.29, 1.82) is 0 Å². The minimum Gasteiger partial charge on any atom is -0.497 e. The highest BCUT2D eigenvalue weighted by Gasteiger charge is 2.19. The molecule has 0 aliphatic heterocycles. The molecule has 0 aromatic heterocycles. The lowest BCUT2D eigenvalue weighted by molar-refractivity contribution is -0.139. The van der Waals surface area contributed by atoms with Crippen LogP contribution in [0.5, 0.6) is 11.5 Å². The molecule has 0 heterocycles. The highest BCUT2D eigenvalue weighted by molar-refractivity contribution is 5.76. The van der Waals surface area contributed by atoms with E-state index in [1.165, 1.54) is 0 Å². The van der Waals surface area contributed by atoms with Gasteiger partial charge in [0.25, 0.3) is 0 Å². The van der Waals surface area contributed by atoms with E-state index < -0.39 is 11.9 Å². The van der Waals surface area contributed by atoms with E-state index in [4.69, 9.17) is 9.47 Å². The second-order valence-corrected chi connectivity index (χ2v) is 4.62. The van der Waals surface area contributed by atoms with Crippen LogP contribution in [0, 0.1) is 0 Å². The number of carboxylic acids is 1. The molecule has 0 spiro atoms. The molecule has 0 saturated heterocycles. The molecule has 0 radical (unpaired) electrons. The molecule has 0 amide bonds. The van der Waals surface area contributed by atoms with Crippen molar-refractivity contribution in [1.82, 2.24) is 0 Å². The van der Waals surface area contributed by atoms with Gasteiger partial charge in [-0.2, -0.15) is 0 Å². The molecular weight excluding hydrogens is 268 g/mol. The Balaban J connectivity index is 1.95. The first-order valence-corrected chi connectivity index (χ1v) is 6.75. The van der Waals surface area contributed by atoms with Crippen LogP contribution in [0.15, 0.2) is 54.6 Å². The Morgan fingerprint density at radius 2 is 1.81 bits per heavy atom. The van der Waals surface area contributed by atoms with Crippen LogP contribution in [0.3, 0.4) is 0 Å². The van der Waals surface area contributed by atoms with Gasteiger partial charge in [-0.1, -0.05) is 36.4 Å². The summed E-state index contributed by atoms with van der Waals surface area (Å²) in [4.78, 5) is 11.4. The summed E-state index contributed by atoms with van der Waals surface area (Å²) in [6.07, 6.45) is 0.413. The van der Waals surface area contributed by atoms with Crippen molar-refractivity contribution >= 4 is 5.97 Å². The van der Waals surface area contributed by atoms with Gasteiger partial charge in [0.15, 0.2) is 0 Å². The van der Waals surface area contributed by atoms with E-state index >= 15 is 0 Å². The lowest BCUT2D eigenvalue weighted by Gasteiger charge is -2.13. The van der Waals surface area contributed by atoms with E-state index in [0.29, 0.717) is 24.5 Å². The van der Waals surface area contributed by atoms with Gasteiger partial charge in [-0.15, -0.1) is 0 Å². The second kappa shape index (κ2) is 7.33. The van der Waals surface area contributed by atoms with Crippen LogP contribution in [-0.2, 0) is 4.79 Å². The lowest BCUT2D eigenvalue weighted by Crippen LogP contribution is -2.15. The predicted octanol–water partition coefficient (Wildman–Crippen LogP) is 3.33. The van der Waals surface area contributed by atoms with Crippen LogP contribution >= 0.6 is 0 Å². The molecule has 2 aromatic carbocycles. The molecule has 4 nitrogen and oxygen atoms in total. The summed E-state index contributed by atoms with van der Waals surface area (Å²) >= 11 is 0. The Labute approximate surface area is 123 Å². The SMILES string of the molecule is COc1cccc(OCCC(C(=O)O)c2ccccc2)c1. The topological polar surface area (TPSA) is 55.8 Å². The fraction of sp³-hybridized carbons (Fsp3) is 0.235. The Morgan fingerprint density at radius 3 is 2.48 bits per heavy atom. The molecule has 0 aliphatic carbocycles.